The van der Waals surface area contributed by atoms with E-state index in [1.807, 2.05) is 27.2 Å². The molecular formula is C68H121N2O6P. The summed E-state index contributed by atoms with van der Waals surface area (Å²) >= 11 is 0. The Labute approximate surface area is 476 Å². The number of phosphoric ester groups is 1. The average molecular weight is 1090 g/mol. The van der Waals surface area contributed by atoms with Crippen LogP contribution < -0.4 is 10.2 Å². The molecule has 3 unspecified atom stereocenters. The lowest BCUT2D eigenvalue weighted by Crippen LogP contribution is -2.45. The zero-order valence-corrected chi connectivity index (χ0v) is 51.5. The molecule has 0 radical (unpaired) electrons. The number of amides is 1. The van der Waals surface area contributed by atoms with Crippen molar-refractivity contribution < 1.29 is 32.9 Å². The maximum Gasteiger partial charge on any atom is 0.268 e. The number of allylic oxidation sites excluding steroid dienone is 17. The second-order valence-corrected chi connectivity index (χ2v) is 23.8. The van der Waals surface area contributed by atoms with Gasteiger partial charge in [0.05, 0.1) is 39.9 Å². The predicted molar refractivity (Wildman–Crippen MR) is 334 cm³/mol. The van der Waals surface area contributed by atoms with Crippen LogP contribution in [-0.4, -0.2) is 68.5 Å². The molecule has 0 fully saturated rings. The Hall–Kier alpha value is -2.84. The number of carbonyl (C=O) groups excluding carboxylic acids is 1. The number of likely N-dealkylation sites (N-methyl/N-ethyl adjacent to an activating group) is 1. The van der Waals surface area contributed by atoms with Crippen molar-refractivity contribution in [2.24, 2.45) is 0 Å². The summed E-state index contributed by atoms with van der Waals surface area (Å²) < 4.78 is 23.3. The highest BCUT2D eigenvalue weighted by Gasteiger charge is 2.23. The normalized spacial score (nSPS) is 14.5. The first kappa shape index (κ1) is 74.2. The van der Waals surface area contributed by atoms with Crippen molar-refractivity contribution in [3.8, 4) is 0 Å². The molecule has 1 amide bonds. The lowest BCUT2D eigenvalue weighted by atomic mass is 10.0. The van der Waals surface area contributed by atoms with Crippen LogP contribution in [0.1, 0.15) is 264 Å². The molecule has 0 aromatic heterocycles. The van der Waals surface area contributed by atoms with E-state index in [-0.39, 0.29) is 12.5 Å². The van der Waals surface area contributed by atoms with Crippen molar-refractivity contribution in [3.63, 3.8) is 0 Å². The monoisotopic (exact) mass is 1090 g/mol. The molecule has 3 atom stereocenters. The van der Waals surface area contributed by atoms with E-state index in [0.29, 0.717) is 17.4 Å². The highest BCUT2D eigenvalue weighted by molar-refractivity contribution is 7.45. The van der Waals surface area contributed by atoms with Gasteiger partial charge in [0.1, 0.15) is 13.2 Å². The molecule has 9 heteroatoms. The molecule has 0 rings (SSSR count). The third-order valence-electron chi connectivity index (χ3n) is 13.7. The Bertz CT molecular complexity index is 1620. The fraction of sp³-hybridized carbons (Fsp3) is 0.721. The van der Waals surface area contributed by atoms with E-state index in [1.54, 1.807) is 6.08 Å². The first-order valence-electron chi connectivity index (χ1n) is 31.7. The van der Waals surface area contributed by atoms with E-state index in [4.69, 9.17) is 9.05 Å². The molecule has 0 saturated carbocycles. The van der Waals surface area contributed by atoms with Gasteiger partial charge in [-0.15, -0.1) is 0 Å². The van der Waals surface area contributed by atoms with Crippen LogP contribution in [0.5, 0.6) is 0 Å². The SMILES string of the molecule is CC/C=C\C/C=C\C/C=C\C/C=C\C/C=C\C/C=C\CCCCCCCCCCCCCCCCCCCCCCC(=O)NC(COP(=O)([O-])OCC[N+](C)(C)C)C(O)/C=C/CC/C=C/CC/C=C/CCCCCCCC. The molecule has 0 aromatic carbocycles. The van der Waals surface area contributed by atoms with Crippen molar-refractivity contribution in [1.29, 1.82) is 0 Å². The van der Waals surface area contributed by atoms with Crippen LogP contribution in [0.2, 0.25) is 0 Å². The second kappa shape index (κ2) is 57.8. The standard InChI is InChI=1S/C68H121N2O6P/c1-6-8-10-12-14-16-18-20-22-24-25-26-27-28-29-30-31-32-33-34-35-36-37-38-39-40-41-42-43-44-45-46-48-50-52-54-56-58-60-62-68(72)69-66(65-76-77(73,74)75-64-63-70(3,4)5)67(71)61-59-57-55-53-51-49-47-23-21-19-17-15-13-11-9-7-2/h8,10,14,16,20-23,25-26,28-29,31-32,51,53,59,61,66-67,71H,6-7,9,11-13,15,17-19,24,27,30,33-50,52,54-58,60,62-65H2,1-5H3,(H-,69,72,73,74)/b10-8-,16-14-,22-20-,23-21+,26-25-,29-28-,32-31-,53-51+,61-59+. The van der Waals surface area contributed by atoms with Gasteiger partial charge in [-0.2, -0.15) is 0 Å². The largest absolute Gasteiger partial charge is 0.756 e. The summed E-state index contributed by atoms with van der Waals surface area (Å²) in [5, 5.41) is 13.9. The van der Waals surface area contributed by atoms with Crippen molar-refractivity contribution in [2.75, 3.05) is 40.9 Å². The van der Waals surface area contributed by atoms with Crippen LogP contribution in [0, 0.1) is 0 Å². The molecular weight excluding hydrogens is 972 g/mol. The first-order chi connectivity index (χ1) is 37.5. The minimum Gasteiger partial charge on any atom is -0.756 e. The van der Waals surface area contributed by atoms with Gasteiger partial charge in [-0.3, -0.25) is 9.36 Å². The predicted octanol–water partition coefficient (Wildman–Crippen LogP) is 19.3. The Morgan fingerprint density at radius 1 is 0.468 bits per heavy atom. The minimum atomic E-state index is -4.61. The van der Waals surface area contributed by atoms with E-state index in [1.165, 1.54) is 161 Å². The zero-order chi connectivity index (χ0) is 56.3. The number of hydrogen-bond acceptors (Lipinski definition) is 6. The van der Waals surface area contributed by atoms with Crippen molar-refractivity contribution in [2.45, 2.75) is 276 Å². The molecule has 0 heterocycles. The molecule has 8 nitrogen and oxygen atoms in total. The van der Waals surface area contributed by atoms with Crippen LogP contribution in [0.3, 0.4) is 0 Å². The van der Waals surface area contributed by atoms with Crippen molar-refractivity contribution in [3.05, 3.63) is 109 Å². The quantitative estimate of drug-likeness (QED) is 0.0272. The second-order valence-electron chi connectivity index (χ2n) is 22.4. The molecule has 0 aromatic rings. The lowest BCUT2D eigenvalue weighted by molar-refractivity contribution is -0.870. The van der Waals surface area contributed by atoms with E-state index in [9.17, 15) is 19.4 Å². The average Bonchev–Trinajstić information content (AvgIpc) is 3.39. The topological polar surface area (TPSA) is 108 Å². The fourth-order valence-corrected chi connectivity index (χ4v) is 9.50. The van der Waals surface area contributed by atoms with Crippen LogP contribution in [-0.2, 0) is 18.4 Å². The van der Waals surface area contributed by atoms with E-state index in [2.05, 4.69) is 116 Å². The minimum absolute atomic E-state index is 0.0116. The summed E-state index contributed by atoms with van der Waals surface area (Å²) in [5.74, 6) is -0.212. The summed E-state index contributed by atoms with van der Waals surface area (Å²) in [6.07, 6.45) is 84.8. The van der Waals surface area contributed by atoms with Gasteiger partial charge < -0.3 is 28.8 Å². The van der Waals surface area contributed by atoms with Crippen LogP contribution >= 0.6 is 7.82 Å². The van der Waals surface area contributed by atoms with Gasteiger partial charge in [0, 0.05) is 6.42 Å². The van der Waals surface area contributed by atoms with Crippen LogP contribution in [0.25, 0.3) is 0 Å². The smallest absolute Gasteiger partial charge is 0.268 e. The number of nitrogens with zero attached hydrogens (tertiary/aromatic N) is 1. The Morgan fingerprint density at radius 2 is 0.805 bits per heavy atom. The van der Waals surface area contributed by atoms with Crippen molar-refractivity contribution in [1.82, 2.24) is 5.32 Å². The number of nitrogens with one attached hydrogen (secondary N) is 1. The van der Waals surface area contributed by atoms with Gasteiger partial charge in [-0.05, 0) is 96.3 Å². The van der Waals surface area contributed by atoms with Gasteiger partial charge in [-0.25, -0.2) is 0 Å². The maximum atomic E-state index is 13.0. The zero-order valence-electron chi connectivity index (χ0n) is 50.6. The van der Waals surface area contributed by atoms with Gasteiger partial charge in [0.2, 0.25) is 5.91 Å². The van der Waals surface area contributed by atoms with E-state index < -0.39 is 26.6 Å². The summed E-state index contributed by atoms with van der Waals surface area (Å²) in [7, 11) is 1.23. The number of hydrogen-bond donors (Lipinski definition) is 2. The summed E-state index contributed by atoms with van der Waals surface area (Å²) in [6.45, 7) is 4.50. The van der Waals surface area contributed by atoms with Gasteiger partial charge in [0.25, 0.3) is 7.82 Å². The summed E-state index contributed by atoms with van der Waals surface area (Å²) in [4.78, 5) is 25.5. The van der Waals surface area contributed by atoms with Crippen LogP contribution in [0.4, 0.5) is 0 Å². The van der Waals surface area contributed by atoms with E-state index in [0.717, 1.165) is 83.5 Å². The van der Waals surface area contributed by atoms with Gasteiger partial charge in [0.15, 0.2) is 0 Å². The molecule has 0 saturated heterocycles. The van der Waals surface area contributed by atoms with E-state index >= 15 is 0 Å². The van der Waals surface area contributed by atoms with Gasteiger partial charge >= 0.3 is 0 Å². The highest BCUT2D eigenvalue weighted by Crippen LogP contribution is 2.38. The molecule has 0 aliphatic rings. The third kappa shape index (κ3) is 60.6. The Balaban J connectivity index is 4.02. The number of quaternary nitrogens is 1. The molecule has 0 aliphatic heterocycles. The molecule has 77 heavy (non-hydrogen) atoms. The number of aliphatic hydroxyl groups is 1. The number of aliphatic hydroxyl groups excluding tert-OH is 1. The molecule has 0 spiro atoms. The molecule has 0 aliphatic carbocycles. The third-order valence-corrected chi connectivity index (χ3v) is 14.7. The number of rotatable bonds is 57. The van der Waals surface area contributed by atoms with Crippen molar-refractivity contribution >= 4 is 13.7 Å². The van der Waals surface area contributed by atoms with Gasteiger partial charge in [-0.1, -0.05) is 271 Å². The summed E-state index contributed by atoms with van der Waals surface area (Å²) in [6, 6.07) is -0.914. The first-order valence-corrected chi connectivity index (χ1v) is 33.2. The molecule has 2 N–H and O–H groups in total. The lowest BCUT2D eigenvalue weighted by Gasteiger charge is -2.29. The number of carbonyl (C=O) groups is 1. The Kier molecular flexibility index (Phi) is 55.7. The number of phosphoric acid groups is 1. The van der Waals surface area contributed by atoms with Crippen LogP contribution in [0.15, 0.2) is 109 Å². The summed E-state index contributed by atoms with van der Waals surface area (Å²) in [5.41, 5.74) is 0. The fourth-order valence-electron chi connectivity index (χ4n) is 8.78. The molecule has 0 bridgehead atoms. The highest BCUT2D eigenvalue weighted by atomic mass is 31.2. The Morgan fingerprint density at radius 3 is 1.21 bits per heavy atom. The molecule has 444 valence electrons. The number of unbranched alkanes of at least 4 members (excludes halogenated alkanes) is 28. The maximum absolute atomic E-state index is 13.0.